The summed E-state index contributed by atoms with van der Waals surface area (Å²) < 4.78 is 54.0. The summed E-state index contributed by atoms with van der Waals surface area (Å²) in [6.45, 7) is 18.7. The van der Waals surface area contributed by atoms with Crippen LogP contribution in [-0.4, -0.2) is 77.4 Å². The van der Waals surface area contributed by atoms with E-state index in [2.05, 4.69) is 40.5 Å². The quantitative estimate of drug-likeness (QED) is 0.0148. The van der Waals surface area contributed by atoms with Crippen molar-refractivity contribution in [2.45, 2.75) is 97.8 Å². The van der Waals surface area contributed by atoms with E-state index in [0.29, 0.717) is 54.3 Å². The Bertz CT molecular complexity index is 2120. The zero-order valence-corrected chi connectivity index (χ0v) is 37.6. The second-order valence-electron chi connectivity index (χ2n) is 14.9. The van der Waals surface area contributed by atoms with Crippen LogP contribution in [0.5, 0.6) is 34.5 Å². The van der Waals surface area contributed by atoms with Crippen LogP contribution in [0.25, 0.3) is 32.3 Å². The van der Waals surface area contributed by atoms with Gasteiger partial charge in [-0.1, -0.05) is 98.3 Å². The summed E-state index contributed by atoms with van der Waals surface area (Å²) >= 11 is 0. The third-order valence-corrected chi connectivity index (χ3v) is 10.1. The van der Waals surface area contributed by atoms with Crippen LogP contribution >= 0.6 is 0 Å². The number of carbonyl (C=O) groups is 3. The molecule has 0 N–H and O–H groups in total. The summed E-state index contributed by atoms with van der Waals surface area (Å²) in [4.78, 5) is 35.5. The van der Waals surface area contributed by atoms with Gasteiger partial charge in [0.05, 0.1) is 19.8 Å². The van der Waals surface area contributed by atoms with Crippen LogP contribution in [0.3, 0.4) is 0 Å². The normalized spacial score (nSPS) is 10.9. The maximum Gasteiger partial charge on any atom is 0.330 e. The van der Waals surface area contributed by atoms with Gasteiger partial charge < -0.3 is 42.6 Å². The predicted octanol–water partition coefficient (Wildman–Crippen LogP) is 11.3. The van der Waals surface area contributed by atoms with Gasteiger partial charge in [0.1, 0.15) is 39.6 Å². The van der Waals surface area contributed by atoms with Gasteiger partial charge in [-0.2, -0.15) is 0 Å². The number of unbranched alkanes of at least 4 members (excludes halogenated alkanes) is 9. The number of carbonyl (C=O) groups excluding carboxylic acids is 3. The first kappa shape index (κ1) is 49.7. The molecule has 0 aliphatic carbocycles. The Morgan fingerprint density at radius 1 is 0.349 bits per heavy atom. The Kier molecular flexibility index (Phi) is 22.0. The lowest BCUT2D eigenvalue weighted by molar-refractivity contribution is -0.139. The molecule has 12 nitrogen and oxygen atoms in total. The molecule has 0 heterocycles. The molecule has 0 saturated carbocycles. The highest BCUT2D eigenvalue weighted by Gasteiger charge is 2.21. The largest absolute Gasteiger partial charge is 0.490 e. The number of esters is 3. The fraction of sp³-hybridized carbons (Fsp3) is 0.471. The van der Waals surface area contributed by atoms with Crippen molar-refractivity contribution in [3.8, 4) is 34.5 Å². The summed E-state index contributed by atoms with van der Waals surface area (Å²) in [5.74, 6) is 1.42. The van der Waals surface area contributed by atoms with Gasteiger partial charge in [-0.05, 0) is 88.0 Å². The van der Waals surface area contributed by atoms with Crippen molar-refractivity contribution in [1.29, 1.82) is 0 Å². The molecule has 4 aromatic carbocycles. The Balaban J connectivity index is 1.98. The molecule has 0 aliphatic rings. The first-order valence-corrected chi connectivity index (χ1v) is 22.5. The minimum atomic E-state index is -0.543. The molecule has 0 fully saturated rings. The Morgan fingerprint density at radius 3 is 0.778 bits per heavy atom. The van der Waals surface area contributed by atoms with Gasteiger partial charge in [-0.25, -0.2) is 14.4 Å². The molecular weight excluding hydrogens is 805 g/mol. The molecule has 0 unspecified atom stereocenters. The van der Waals surface area contributed by atoms with E-state index in [1.54, 1.807) is 0 Å². The molecule has 0 amide bonds. The number of ether oxygens (including phenoxy) is 9. The molecule has 0 radical (unpaired) electrons. The molecule has 0 aliphatic heterocycles. The van der Waals surface area contributed by atoms with Crippen molar-refractivity contribution < 1.29 is 57.0 Å². The highest BCUT2D eigenvalue weighted by Crippen LogP contribution is 2.47. The third kappa shape index (κ3) is 15.7. The van der Waals surface area contributed by atoms with Gasteiger partial charge >= 0.3 is 17.9 Å². The summed E-state index contributed by atoms with van der Waals surface area (Å²) in [5, 5.41) is 5.04. The molecule has 12 heteroatoms. The van der Waals surface area contributed by atoms with E-state index in [1.165, 1.54) is 0 Å². The zero-order chi connectivity index (χ0) is 45.2. The Morgan fingerprint density at radius 2 is 0.571 bits per heavy atom. The molecule has 0 atom stereocenters. The molecule has 0 aromatic heterocycles. The third-order valence-electron chi connectivity index (χ3n) is 10.1. The van der Waals surface area contributed by atoms with Crippen LogP contribution in [0.1, 0.15) is 97.8 Å². The summed E-state index contributed by atoms with van der Waals surface area (Å²) in [7, 11) is 0. The minimum absolute atomic E-state index is 0.00863. The second-order valence-corrected chi connectivity index (χ2v) is 14.9. The van der Waals surface area contributed by atoms with Crippen LogP contribution in [-0.2, 0) is 28.6 Å². The molecular formula is C51H66O12. The smallest absolute Gasteiger partial charge is 0.330 e. The fourth-order valence-corrected chi connectivity index (χ4v) is 6.88. The molecule has 4 aromatic rings. The molecule has 63 heavy (non-hydrogen) atoms. The van der Waals surface area contributed by atoms with Crippen molar-refractivity contribution in [2.24, 2.45) is 0 Å². The average Bonchev–Trinajstić information content (AvgIpc) is 3.30. The van der Waals surface area contributed by atoms with Gasteiger partial charge in [0.15, 0.2) is 34.5 Å². The van der Waals surface area contributed by atoms with E-state index in [-0.39, 0.29) is 39.6 Å². The molecule has 342 valence electrons. The zero-order valence-electron chi connectivity index (χ0n) is 37.6. The summed E-state index contributed by atoms with van der Waals surface area (Å²) in [6, 6.07) is 11.8. The van der Waals surface area contributed by atoms with E-state index in [0.717, 1.165) is 128 Å². The van der Waals surface area contributed by atoms with Crippen molar-refractivity contribution in [3.63, 3.8) is 0 Å². The van der Waals surface area contributed by atoms with E-state index in [1.807, 2.05) is 36.4 Å². The van der Waals surface area contributed by atoms with Gasteiger partial charge in [-0.15, -0.1) is 0 Å². The first-order valence-electron chi connectivity index (χ1n) is 22.5. The van der Waals surface area contributed by atoms with Crippen LogP contribution in [0, 0.1) is 0 Å². The topological polar surface area (TPSA) is 134 Å². The van der Waals surface area contributed by atoms with Gasteiger partial charge in [0, 0.05) is 18.2 Å². The lowest BCUT2D eigenvalue weighted by atomic mass is 9.93. The molecule has 4 rings (SSSR count). The second kappa shape index (κ2) is 27.9. The highest BCUT2D eigenvalue weighted by molar-refractivity contribution is 6.26. The maximum absolute atomic E-state index is 11.8. The van der Waals surface area contributed by atoms with Crippen molar-refractivity contribution in [3.05, 3.63) is 74.4 Å². The molecule has 0 spiro atoms. The Hall–Kier alpha value is -5.91. The van der Waals surface area contributed by atoms with Crippen molar-refractivity contribution in [2.75, 3.05) is 59.5 Å². The number of fused-ring (bicyclic) bond motifs is 6. The lowest BCUT2D eigenvalue weighted by Crippen LogP contribution is -2.11. The average molecular weight is 871 g/mol. The predicted molar refractivity (Wildman–Crippen MR) is 248 cm³/mol. The van der Waals surface area contributed by atoms with Gasteiger partial charge in [0.2, 0.25) is 0 Å². The summed E-state index contributed by atoms with van der Waals surface area (Å²) in [6.07, 6.45) is 15.6. The van der Waals surface area contributed by atoms with Crippen LogP contribution in [0.15, 0.2) is 74.4 Å². The van der Waals surface area contributed by atoms with Crippen LogP contribution in [0.4, 0.5) is 0 Å². The number of rotatable bonds is 33. The number of hydrogen-bond donors (Lipinski definition) is 0. The minimum Gasteiger partial charge on any atom is -0.490 e. The standard InChI is InChI=1S/C51H66O12/c1-7-13-16-19-22-55-43-31-37-38-32-44(56-23-20-17-14-8-2)47(59-26-29-62-50(53)11-5)35-41(38)42-36-48(60-27-30-63-51(54)12-6)45(57-24-21-18-15-9-3)33-39(42)40(37)34-46(43)58-25-28-61-49(52)10-4/h10-12,31-36H,4-9,13-30H2,1-3H3. The van der Waals surface area contributed by atoms with Crippen LogP contribution in [0.2, 0.25) is 0 Å². The summed E-state index contributed by atoms with van der Waals surface area (Å²) in [5.41, 5.74) is 0. The van der Waals surface area contributed by atoms with Gasteiger partial charge in [0.25, 0.3) is 0 Å². The van der Waals surface area contributed by atoms with E-state index in [4.69, 9.17) is 42.6 Å². The number of hydrogen-bond acceptors (Lipinski definition) is 12. The first-order chi connectivity index (χ1) is 30.8. The van der Waals surface area contributed by atoms with Crippen molar-refractivity contribution >= 4 is 50.2 Å². The monoisotopic (exact) mass is 870 g/mol. The van der Waals surface area contributed by atoms with Gasteiger partial charge in [-0.3, -0.25) is 0 Å². The molecule has 0 saturated heterocycles. The maximum atomic E-state index is 11.8. The van der Waals surface area contributed by atoms with E-state index >= 15 is 0 Å². The van der Waals surface area contributed by atoms with E-state index < -0.39 is 17.9 Å². The number of benzene rings is 4. The Labute approximate surface area is 372 Å². The lowest BCUT2D eigenvalue weighted by Gasteiger charge is -2.20. The van der Waals surface area contributed by atoms with Crippen LogP contribution < -0.4 is 28.4 Å². The SMILES string of the molecule is C=CC(=O)OCCOc1cc2c(cc1OCCCCCC)c1cc(OCCCCCC)c(OCCOC(=O)C=C)cc1c1cc(OCCOC(=O)C=C)c(OCCCCCC)cc21. The van der Waals surface area contributed by atoms with Crippen molar-refractivity contribution in [1.82, 2.24) is 0 Å². The highest BCUT2D eigenvalue weighted by atomic mass is 16.6. The fourth-order valence-electron chi connectivity index (χ4n) is 6.88. The van der Waals surface area contributed by atoms with E-state index in [9.17, 15) is 14.4 Å². The molecule has 0 bridgehead atoms.